The number of benzene rings is 1. The maximum absolute atomic E-state index is 12.5. The average Bonchev–Trinajstić information content (AvgIpc) is 3.48. The van der Waals surface area contributed by atoms with E-state index >= 15 is 0 Å². The molecule has 138 valence electrons. The summed E-state index contributed by atoms with van der Waals surface area (Å²) in [5.41, 5.74) is 0.767. The number of rotatable bonds is 3. The molecular weight excluding hydrogens is 352 g/mol. The molecule has 1 saturated heterocycles. The molecule has 1 atom stereocenters. The second-order valence-corrected chi connectivity index (χ2v) is 6.48. The summed E-state index contributed by atoms with van der Waals surface area (Å²) in [5, 5.41) is 12.0. The van der Waals surface area contributed by atoms with E-state index in [1.807, 2.05) is 18.2 Å². The lowest BCUT2D eigenvalue weighted by atomic mass is 9.98. The van der Waals surface area contributed by atoms with Crippen molar-refractivity contribution in [2.24, 2.45) is 0 Å². The number of aromatic nitrogens is 3. The Hall–Kier alpha value is -3.36. The first-order valence-corrected chi connectivity index (χ1v) is 8.71. The van der Waals surface area contributed by atoms with Crippen LogP contribution in [0, 0.1) is 0 Å². The summed E-state index contributed by atoms with van der Waals surface area (Å²) in [4.78, 5) is 14.2. The van der Waals surface area contributed by atoms with Crippen LogP contribution in [0.3, 0.4) is 0 Å². The molecule has 2 aliphatic rings. The first-order valence-electron chi connectivity index (χ1n) is 8.71. The van der Waals surface area contributed by atoms with Crippen LogP contribution in [0.4, 0.5) is 0 Å². The zero-order valence-corrected chi connectivity index (χ0v) is 14.3. The number of nitrogens with zero attached hydrogens (tertiary/aromatic N) is 4. The Morgan fingerprint density at radius 3 is 2.96 bits per heavy atom. The normalized spacial score (nSPS) is 18.7. The van der Waals surface area contributed by atoms with Crippen LogP contribution in [0.25, 0.3) is 11.5 Å². The van der Waals surface area contributed by atoms with E-state index in [-0.39, 0.29) is 24.4 Å². The molecule has 0 radical (unpaired) electrons. The maximum Gasteiger partial charge on any atom is 0.292 e. The number of hydrogen-bond acceptors (Lipinski definition) is 8. The summed E-state index contributed by atoms with van der Waals surface area (Å²) in [7, 11) is 0. The summed E-state index contributed by atoms with van der Waals surface area (Å²) in [5.74, 6) is 2.36. The minimum atomic E-state index is -0.173. The van der Waals surface area contributed by atoms with Gasteiger partial charge in [-0.2, -0.15) is 0 Å². The van der Waals surface area contributed by atoms with Crippen molar-refractivity contribution in [3.05, 3.63) is 42.1 Å². The van der Waals surface area contributed by atoms with Crippen molar-refractivity contribution in [1.29, 1.82) is 0 Å². The lowest BCUT2D eigenvalue weighted by Gasteiger charge is -2.30. The Kier molecular flexibility index (Phi) is 3.77. The largest absolute Gasteiger partial charge is 0.454 e. The molecule has 1 fully saturated rings. The molecule has 0 N–H and O–H groups in total. The standard InChI is InChI=1S/C18H16N4O5/c23-18(14-5-6-19-27-14)22-7-1-2-12(9-22)17-21-20-16(26-17)11-3-4-13-15(8-11)25-10-24-13/h3-6,8,12H,1-2,7,9-10H2. The van der Waals surface area contributed by atoms with Crippen molar-refractivity contribution >= 4 is 5.91 Å². The molecular formula is C18H16N4O5. The van der Waals surface area contributed by atoms with Gasteiger partial charge in [0.25, 0.3) is 5.91 Å². The molecule has 1 amide bonds. The van der Waals surface area contributed by atoms with Crippen LogP contribution < -0.4 is 9.47 Å². The van der Waals surface area contributed by atoms with Crippen molar-refractivity contribution in [2.45, 2.75) is 18.8 Å². The number of hydrogen-bond donors (Lipinski definition) is 0. The topological polar surface area (TPSA) is 104 Å². The Morgan fingerprint density at radius 2 is 2.07 bits per heavy atom. The van der Waals surface area contributed by atoms with Gasteiger partial charge in [-0.3, -0.25) is 4.79 Å². The number of piperidine rings is 1. The highest BCUT2D eigenvalue weighted by Crippen LogP contribution is 2.36. The van der Waals surface area contributed by atoms with E-state index in [1.165, 1.54) is 6.20 Å². The smallest absolute Gasteiger partial charge is 0.292 e. The predicted octanol–water partition coefficient (Wildman–Crippen LogP) is 2.47. The predicted molar refractivity (Wildman–Crippen MR) is 90.2 cm³/mol. The molecule has 3 aromatic rings. The Bertz CT molecular complexity index is 968. The molecule has 0 aliphatic carbocycles. The number of ether oxygens (including phenoxy) is 2. The van der Waals surface area contributed by atoms with Crippen LogP contribution >= 0.6 is 0 Å². The number of fused-ring (bicyclic) bond motifs is 1. The first-order chi connectivity index (χ1) is 13.3. The molecule has 2 aliphatic heterocycles. The van der Waals surface area contributed by atoms with Gasteiger partial charge in [-0.05, 0) is 31.0 Å². The second-order valence-electron chi connectivity index (χ2n) is 6.48. The quantitative estimate of drug-likeness (QED) is 0.694. The molecule has 4 heterocycles. The zero-order chi connectivity index (χ0) is 18.2. The average molecular weight is 368 g/mol. The van der Waals surface area contributed by atoms with Gasteiger partial charge in [0.2, 0.25) is 24.3 Å². The lowest BCUT2D eigenvalue weighted by Crippen LogP contribution is -2.39. The van der Waals surface area contributed by atoms with Crippen LogP contribution in [-0.4, -0.2) is 46.0 Å². The highest BCUT2D eigenvalue weighted by molar-refractivity contribution is 5.91. The van der Waals surface area contributed by atoms with Crippen molar-refractivity contribution in [3.8, 4) is 23.0 Å². The van der Waals surface area contributed by atoms with E-state index < -0.39 is 0 Å². The Balaban J connectivity index is 1.34. The Labute approximate surface area is 153 Å². The van der Waals surface area contributed by atoms with Crippen molar-refractivity contribution in [2.75, 3.05) is 19.9 Å². The van der Waals surface area contributed by atoms with Crippen LogP contribution in [0.15, 0.2) is 39.4 Å². The highest BCUT2D eigenvalue weighted by atomic mass is 16.7. The molecule has 0 saturated carbocycles. The van der Waals surface area contributed by atoms with Gasteiger partial charge in [0, 0.05) is 24.7 Å². The number of amides is 1. The van der Waals surface area contributed by atoms with Gasteiger partial charge < -0.3 is 23.3 Å². The maximum atomic E-state index is 12.5. The van der Waals surface area contributed by atoms with Crippen molar-refractivity contribution < 1.29 is 23.2 Å². The van der Waals surface area contributed by atoms with E-state index in [0.717, 1.165) is 18.4 Å². The van der Waals surface area contributed by atoms with E-state index in [4.69, 9.17) is 18.4 Å². The van der Waals surface area contributed by atoms with Crippen LogP contribution in [0.1, 0.15) is 35.2 Å². The number of carbonyl (C=O) groups excluding carboxylic acids is 1. The molecule has 0 bridgehead atoms. The number of likely N-dealkylation sites (tertiary alicyclic amines) is 1. The van der Waals surface area contributed by atoms with Gasteiger partial charge >= 0.3 is 0 Å². The summed E-state index contributed by atoms with van der Waals surface area (Å²) in [6.45, 7) is 1.38. The highest BCUT2D eigenvalue weighted by Gasteiger charge is 2.30. The third-order valence-electron chi connectivity index (χ3n) is 4.77. The van der Waals surface area contributed by atoms with Gasteiger partial charge in [0.1, 0.15) is 0 Å². The fraction of sp³-hybridized carbons (Fsp3) is 0.333. The van der Waals surface area contributed by atoms with Crippen LogP contribution in [0.2, 0.25) is 0 Å². The van der Waals surface area contributed by atoms with Gasteiger partial charge in [0.05, 0.1) is 12.1 Å². The fourth-order valence-electron chi connectivity index (χ4n) is 3.39. The van der Waals surface area contributed by atoms with Gasteiger partial charge in [-0.1, -0.05) is 5.16 Å². The van der Waals surface area contributed by atoms with E-state index in [1.54, 1.807) is 11.0 Å². The van der Waals surface area contributed by atoms with E-state index in [0.29, 0.717) is 36.4 Å². The van der Waals surface area contributed by atoms with Gasteiger partial charge in [0.15, 0.2) is 11.5 Å². The molecule has 0 spiro atoms. The molecule has 9 nitrogen and oxygen atoms in total. The van der Waals surface area contributed by atoms with Crippen molar-refractivity contribution in [1.82, 2.24) is 20.3 Å². The zero-order valence-electron chi connectivity index (χ0n) is 14.3. The second kappa shape index (κ2) is 6.42. The third-order valence-corrected chi connectivity index (χ3v) is 4.77. The lowest BCUT2D eigenvalue weighted by molar-refractivity contribution is 0.0656. The fourth-order valence-corrected chi connectivity index (χ4v) is 3.39. The first kappa shape index (κ1) is 15.9. The summed E-state index contributed by atoms with van der Waals surface area (Å²) in [6, 6.07) is 7.06. The molecule has 27 heavy (non-hydrogen) atoms. The summed E-state index contributed by atoms with van der Waals surface area (Å²) < 4.78 is 21.6. The molecule has 9 heteroatoms. The molecule has 1 aromatic carbocycles. The van der Waals surface area contributed by atoms with Crippen molar-refractivity contribution in [3.63, 3.8) is 0 Å². The Morgan fingerprint density at radius 1 is 1.15 bits per heavy atom. The van der Waals surface area contributed by atoms with E-state index in [2.05, 4.69) is 15.4 Å². The van der Waals surface area contributed by atoms with Crippen LogP contribution in [0.5, 0.6) is 11.5 Å². The molecule has 2 aromatic heterocycles. The SMILES string of the molecule is O=C(c1ccno1)N1CCCC(c2nnc(-c3ccc4c(c3)OCO4)o2)C1. The van der Waals surface area contributed by atoms with Crippen LogP contribution in [-0.2, 0) is 0 Å². The molecule has 5 rings (SSSR count). The van der Waals surface area contributed by atoms with E-state index in [9.17, 15) is 4.79 Å². The summed E-state index contributed by atoms with van der Waals surface area (Å²) >= 11 is 0. The van der Waals surface area contributed by atoms with Gasteiger partial charge in [-0.15, -0.1) is 10.2 Å². The minimum absolute atomic E-state index is 0.0131. The monoisotopic (exact) mass is 368 g/mol. The van der Waals surface area contributed by atoms with Gasteiger partial charge in [-0.25, -0.2) is 0 Å². The third kappa shape index (κ3) is 2.90. The minimum Gasteiger partial charge on any atom is -0.454 e. The number of carbonyl (C=O) groups is 1. The molecule has 1 unspecified atom stereocenters. The summed E-state index contributed by atoms with van der Waals surface area (Å²) in [6.07, 6.45) is 3.19.